The highest BCUT2D eigenvalue weighted by atomic mass is 19.4. The zero-order valence-electron chi connectivity index (χ0n) is 14.2. The quantitative estimate of drug-likeness (QED) is 0.365. The Balaban J connectivity index is 2.08. The van der Waals surface area contributed by atoms with Crippen LogP contribution in [0.5, 0.6) is 5.75 Å². The first-order valence-corrected chi connectivity index (χ1v) is 7.71. The van der Waals surface area contributed by atoms with Crippen molar-refractivity contribution in [3.8, 4) is 5.75 Å². The molecule has 2 rings (SSSR count). The summed E-state index contributed by atoms with van der Waals surface area (Å²) in [5.41, 5.74) is -0.429. The first kappa shape index (κ1) is 20.0. The van der Waals surface area contributed by atoms with E-state index in [-0.39, 0.29) is 24.6 Å². The molecule has 0 aliphatic heterocycles. The molecule has 10 heteroatoms. The van der Waals surface area contributed by atoms with Crippen molar-refractivity contribution in [2.45, 2.75) is 13.1 Å². The highest BCUT2D eigenvalue weighted by Crippen LogP contribution is 2.38. The van der Waals surface area contributed by atoms with Crippen molar-refractivity contribution in [2.75, 3.05) is 13.2 Å². The Morgan fingerprint density at radius 1 is 1.04 bits per heavy atom. The Morgan fingerprint density at radius 2 is 1.74 bits per heavy atom. The zero-order valence-corrected chi connectivity index (χ0v) is 14.2. The fourth-order valence-corrected chi connectivity index (χ4v) is 1.86. The van der Waals surface area contributed by atoms with Crippen molar-refractivity contribution in [2.24, 2.45) is 20.6 Å². The second-order valence-corrected chi connectivity index (χ2v) is 5.09. The number of alkyl halides is 3. The van der Waals surface area contributed by atoms with Gasteiger partial charge < -0.3 is 9.57 Å². The van der Waals surface area contributed by atoms with Crippen molar-refractivity contribution in [3.63, 3.8) is 0 Å². The van der Waals surface area contributed by atoms with Gasteiger partial charge in [0.2, 0.25) is 0 Å². The van der Waals surface area contributed by atoms with Crippen LogP contribution in [0.15, 0.2) is 69.2 Å². The molecule has 0 amide bonds. The number of rotatable bonds is 7. The molecule has 142 valence electrons. The van der Waals surface area contributed by atoms with E-state index in [1.165, 1.54) is 6.07 Å². The van der Waals surface area contributed by atoms with Crippen molar-refractivity contribution in [1.82, 2.24) is 0 Å². The number of azo groups is 1. The van der Waals surface area contributed by atoms with E-state index < -0.39 is 17.7 Å². The second-order valence-electron chi connectivity index (χ2n) is 5.09. The summed E-state index contributed by atoms with van der Waals surface area (Å²) >= 11 is 0. The van der Waals surface area contributed by atoms with Gasteiger partial charge in [-0.1, -0.05) is 18.2 Å². The van der Waals surface area contributed by atoms with Crippen LogP contribution in [0.25, 0.3) is 0 Å². The molecule has 0 aliphatic carbocycles. The second kappa shape index (κ2) is 9.41. The summed E-state index contributed by atoms with van der Waals surface area (Å²) in [6, 6.07) is 12.0. The maximum atomic E-state index is 13.3. The van der Waals surface area contributed by atoms with Gasteiger partial charge in [0.15, 0.2) is 0 Å². The lowest BCUT2D eigenvalue weighted by molar-refractivity contribution is -0.142. The number of nitrogens with zero attached hydrogens (tertiary/aromatic N) is 4. The Kier molecular flexibility index (Phi) is 6.98. The molecule has 0 heterocycles. The molecule has 0 atom stereocenters. The summed E-state index contributed by atoms with van der Waals surface area (Å²) in [5.74, 6) is -1.02. The lowest BCUT2D eigenvalue weighted by Gasteiger charge is -2.13. The molecule has 0 saturated heterocycles. The van der Waals surface area contributed by atoms with Crippen LogP contribution in [-0.2, 0) is 15.8 Å². The average Bonchev–Trinajstić information content (AvgIpc) is 2.63. The fraction of sp³-hybridized carbons (Fsp3) is 0.235. The van der Waals surface area contributed by atoms with Gasteiger partial charge in [0, 0.05) is 12.2 Å². The maximum absolute atomic E-state index is 13.3. The molecule has 0 aromatic heterocycles. The summed E-state index contributed by atoms with van der Waals surface area (Å²) in [6.07, 6.45) is -4.63. The van der Waals surface area contributed by atoms with Crippen LogP contribution in [0.2, 0.25) is 0 Å². The molecule has 0 aliphatic rings. The first-order chi connectivity index (χ1) is 12.9. The summed E-state index contributed by atoms with van der Waals surface area (Å²) < 4.78 is 44.9. The smallest absolute Gasteiger partial charge is 0.420 e. The minimum absolute atomic E-state index is 0.0353. The summed E-state index contributed by atoms with van der Waals surface area (Å²) in [4.78, 5) is 14.7. The highest BCUT2D eigenvalue weighted by Gasteiger charge is 2.34. The number of hydrogen-bond acceptors (Lipinski definition) is 7. The predicted molar refractivity (Wildman–Crippen MR) is 89.0 cm³/mol. The van der Waals surface area contributed by atoms with E-state index in [1.54, 1.807) is 30.3 Å². The molecule has 0 spiro atoms. The summed E-state index contributed by atoms with van der Waals surface area (Å²) in [5, 5.41) is 14.2. The number of ether oxygens (including phenoxy) is 1. The lowest BCUT2D eigenvalue weighted by Crippen LogP contribution is -2.10. The Hall–Kier alpha value is -3.30. The third-order valence-electron chi connectivity index (χ3n) is 2.98. The van der Waals surface area contributed by atoms with E-state index in [4.69, 9.17) is 4.74 Å². The topological polar surface area (TPSA) is 85.0 Å². The van der Waals surface area contributed by atoms with Crippen molar-refractivity contribution in [3.05, 3.63) is 54.1 Å². The van der Waals surface area contributed by atoms with Gasteiger partial charge in [0.1, 0.15) is 12.4 Å². The monoisotopic (exact) mass is 380 g/mol. The third-order valence-corrected chi connectivity index (χ3v) is 2.98. The Labute approximate surface area is 152 Å². The van der Waals surface area contributed by atoms with Gasteiger partial charge in [-0.25, -0.2) is 4.79 Å². The molecule has 0 N–H and O–H groups in total. The highest BCUT2D eigenvalue weighted by molar-refractivity contribution is 5.65. The van der Waals surface area contributed by atoms with Crippen LogP contribution in [0.4, 0.5) is 24.5 Å². The summed E-state index contributed by atoms with van der Waals surface area (Å²) in [7, 11) is 0. The van der Waals surface area contributed by atoms with Crippen molar-refractivity contribution < 1.29 is 27.5 Å². The number of benzene rings is 2. The molecule has 0 saturated carbocycles. The largest absolute Gasteiger partial charge is 0.491 e. The van der Waals surface area contributed by atoms with Gasteiger partial charge in [-0.3, -0.25) is 0 Å². The minimum atomic E-state index is -4.63. The van der Waals surface area contributed by atoms with Gasteiger partial charge in [-0.2, -0.15) is 23.4 Å². The molecule has 7 nitrogen and oxygen atoms in total. The molecule has 27 heavy (non-hydrogen) atoms. The number of hydrogen-bond donors (Lipinski definition) is 0. The van der Waals surface area contributed by atoms with E-state index in [0.29, 0.717) is 5.69 Å². The maximum Gasteiger partial charge on any atom is 0.420 e. The molecule has 2 aromatic carbocycles. The standard InChI is InChI=1S/C17H15F3N4O3/c1-12(25)27-24-21-9-10-26-16-8-7-14(11-15(16)17(18,19)20)23-22-13-5-3-2-4-6-13/h2-8,11H,9-10H2,1H3/b23-22+,24-21?. The first-order valence-electron chi connectivity index (χ1n) is 7.71. The van der Waals surface area contributed by atoms with E-state index >= 15 is 0 Å². The Morgan fingerprint density at radius 3 is 2.41 bits per heavy atom. The lowest BCUT2D eigenvalue weighted by atomic mass is 10.1. The third kappa shape index (κ3) is 6.84. The van der Waals surface area contributed by atoms with E-state index in [2.05, 4.69) is 25.5 Å². The molecule has 0 unspecified atom stereocenters. The number of halogens is 3. The predicted octanol–water partition coefficient (Wildman–Crippen LogP) is 5.43. The number of carbonyl (C=O) groups is 1. The normalized spacial score (nSPS) is 11.9. The summed E-state index contributed by atoms with van der Waals surface area (Å²) in [6.45, 7) is 0.876. The van der Waals surface area contributed by atoms with Crippen molar-refractivity contribution >= 4 is 17.3 Å². The molecular weight excluding hydrogens is 365 g/mol. The zero-order chi connectivity index (χ0) is 19.7. The van der Waals surface area contributed by atoms with Gasteiger partial charge in [0.25, 0.3) is 0 Å². The molecular formula is C17H15F3N4O3. The molecule has 0 radical (unpaired) electrons. The van der Waals surface area contributed by atoms with Gasteiger partial charge in [-0.15, -0.1) is 5.11 Å². The Bertz CT molecular complexity index is 824. The molecule has 2 aromatic rings. The van der Waals surface area contributed by atoms with Gasteiger partial charge in [0.05, 0.1) is 23.5 Å². The van der Waals surface area contributed by atoms with Crippen molar-refractivity contribution in [1.29, 1.82) is 0 Å². The van der Waals surface area contributed by atoms with Crippen LogP contribution in [0.1, 0.15) is 12.5 Å². The molecule has 0 bridgehead atoms. The van der Waals surface area contributed by atoms with E-state index in [1.807, 2.05) is 0 Å². The van der Waals surface area contributed by atoms with Crippen LogP contribution in [0.3, 0.4) is 0 Å². The SMILES string of the molecule is CC(=O)ON=NCCOc1ccc(/N=N/c2ccccc2)cc1C(F)(F)F. The molecule has 0 fully saturated rings. The van der Waals surface area contributed by atoms with Gasteiger partial charge in [-0.05, 0) is 30.3 Å². The minimum Gasteiger partial charge on any atom is -0.491 e. The van der Waals surface area contributed by atoms with Crippen LogP contribution in [0, 0.1) is 0 Å². The average molecular weight is 380 g/mol. The van der Waals surface area contributed by atoms with Crippen LogP contribution >= 0.6 is 0 Å². The van der Waals surface area contributed by atoms with Crippen LogP contribution in [-0.4, -0.2) is 19.1 Å². The number of carbonyl (C=O) groups excluding carboxylic acids is 1. The van der Waals surface area contributed by atoms with E-state index in [0.717, 1.165) is 19.1 Å². The van der Waals surface area contributed by atoms with Crippen LogP contribution < -0.4 is 4.74 Å². The fourth-order valence-electron chi connectivity index (χ4n) is 1.86. The van der Waals surface area contributed by atoms with Gasteiger partial charge >= 0.3 is 12.1 Å². The van der Waals surface area contributed by atoms with E-state index in [9.17, 15) is 18.0 Å².